The maximum absolute atomic E-state index is 13.2. The van der Waals surface area contributed by atoms with Gasteiger partial charge >= 0.3 is 0 Å². The lowest BCUT2D eigenvalue weighted by Gasteiger charge is -2.32. The number of amides is 2. The summed E-state index contributed by atoms with van der Waals surface area (Å²) in [5.74, 6) is 1.20. The van der Waals surface area contributed by atoms with E-state index in [1.165, 1.54) is 11.0 Å². The van der Waals surface area contributed by atoms with Crippen molar-refractivity contribution in [2.24, 2.45) is 5.92 Å². The Hall–Kier alpha value is -3.82. The van der Waals surface area contributed by atoms with Crippen LogP contribution in [0.1, 0.15) is 41.4 Å². The van der Waals surface area contributed by atoms with E-state index in [1.807, 2.05) is 37.3 Å². The van der Waals surface area contributed by atoms with Gasteiger partial charge in [0.25, 0.3) is 5.91 Å². The number of tetrazole rings is 1. The van der Waals surface area contributed by atoms with Gasteiger partial charge in [0.05, 0.1) is 5.56 Å². The molecule has 34 heavy (non-hydrogen) atoms. The summed E-state index contributed by atoms with van der Waals surface area (Å²) in [6, 6.07) is 9.40. The smallest absolute Gasteiger partial charge is 0.259 e. The number of carbonyl (C=O) groups is 2. The Bertz CT molecular complexity index is 1200. The summed E-state index contributed by atoms with van der Waals surface area (Å²) in [4.78, 5) is 34.6. The fourth-order valence-corrected chi connectivity index (χ4v) is 4.60. The first kappa shape index (κ1) is 22.0. The van der Waals surface area contributed by atoms with E-state index in [1.54, 1.807) is 4.90 Å². The van der Waals surface area contributed by atoms with Crippen molar-refractivity contribution >= 4 is 29.0 Å². The number of rotatable bonds is 5. The summed E-state index contributed by atoms with van der Waals surface area (Å²) >= 11 is 0. The number of nitrogens with one attached hydrogen (secondary N) is 1. The molecule has 3 aromatic rings. The fraction of sp³-hybridized carbons (Fsp3) is 0.417. The van der Waals surface area contributed by atoms with Gasteiger partial charge in [-0.05, 0) is 78.4 Å². The number of pyridine rings is 1. The number of benzene rings is 1. The standard InChI is InChI=1S/C24H28N8O2/c1-16-7-10-30(11-8-16)23-20(5-3-17(2)26-23)24(34)27-19-4-6-21-18(13-19)9-12-32(21)22(33)14-31-15-25-28-29-31/h3-6,13,15-16H,7-12,14H2,1-2H3,(H,27,34). The molecule has 1 N–H and O–H groups in total. The van der Waals surface area contributed by atoms with Crippen molar-refractivity contribution in [2.75, 3.05) is 34.8 Å². The zero-order valence-corrected chi connectivity index (χ0v) is 19.4. The number of hydrogen-bond donors (Lipinski definition) is 1. The molecule has 2 amide bonds. The Morgan fingerprint density at radius 2 is 1.94 bits per heavy atom. The summed E-state index contributed by atoms with van der Waals surface area (Å²) in [6.07, 6.45) is 4.35. The Labute approximate surface area is 198 Å². The Kier molecular flexibility index (Phi) is 5.95. The monoisotopic (exact) mass is 460 g/mol. The summed E-state index contributed by atoms with van der Waals surface area (Å²) in [5.41, 5.74) is 4.07. The molecule has 0 unspecified atom stereocenters. The van der Waals surface area contributed by atoms with Crippen LogP contribution in [0.25, 0.3) is 0 Å². The number of anilines is 3. The number of hydrogen-bond acceptors (Lipinski definition) is 7. The molecule has 0 bridgehead atoms. The molecule has 0 spiro atoms. The van der Waals surface area contributed by atoms with E-state index in [9.17, 15) is 9.59 Å². The van der Waals surface area contributed by atoms with Crippen molar-refractivity contribution in [3.05, 3.63) is 53.5 Å². The molecule has 2 aliphatic heterocycles. The van der Waals surface area contributed by atoms with Gasteiger partial charge in [-0.25, -0.2) is 9.67 Å². The maximum Gasteiger partial charge on any atom is 0.259 e. The minimum Gasteiger partial charge on any atom is -0.356 e. The van der Waals surface area contributed by atoms with Gasteiger partial charge in [-0.1, -0.05) is 6.92 Å². The van der Waals surface area contributed by atoms with Crippen molar-refractivity contribution < 1.29 is 9.59 Å². The van der Waals surface area contributed by atoms with E-state index in [0.717, 1.165) is 55.1 Å². The molecule has 5 rings (SSSR count). The van der Waals surface area contributed by atoms with Gasteiger partial charge in [0.1, 0.15) is 18.7 Å². The number of carbonyl (C=O) groups excluding carboxylic acids is 2. The molecule has 176 valence electrons. The number of piperidine rings is 1. The fourth-order valence-electron chi connectivity index (χ4n) is 4.60. The summed E-state index contributed by atoms with van der Waals surface area (Å²) in [5, 5.41) is 13.9. The number of fused-ring (bicyclic) bond motifs is 1. The van der Waals surface area contributed by atoms with Gasteiger partial charge in [-0.2, -0.15) is 0 Å². The van der Waals surface area contributed by atoms with Crippen LogP contribution in [-0.4, -0.2) is 56.6 Å². The molecule has 1 saturated heterocycles. The first-order valence-corrected chi connectivity index (χ1v) is 11.7. The molecule has 4 heterocycles. The van der Waals surface area contributed by atoms with E-state index in [-0.39, 0.29) is 18.4 Å². The lowest BCUT2D eigenvalue weighted by atomic mass is 9.99. The normalized spacial score (nSPS) is 15.9. The molecule has 1 fully saturated rings. The van der Waals surface area contributed by atoms with Gasteiger partial charge in [0.2, 0.25) is 5.91 Å². The molecular weight excluding hydrogens is 432 g/mol. The molecule has 2 aliphatic rings. The third kappa shape index (κ3) is 4.48. The zero-order chi connectivity index (χ0) is 23.7. The van der Waals surface area contributed by atoms with Gasteiger partial charge in [-0.3, -0.25) is 9.59 Å². The van der Waals surface area contributed by atoms with E-state index in [0.29, 0.717) is 23.7 Å². The number of aromatic nitrogens is 5. The number of nitrogens with zero attached hydrogens (tertiary/aromatic N) is 7. The van der Waals surface area contributed by atoms with Crippen LogP contribution in [0, 0.1) is 12.8 Å². The van der Waals surface area contributed by atoms with Crippen LogP contribution < -0.4 is 15.1 Å². The second kappa shape index (κ2) is 9.20. The van der Waals surface area contributed by atoms with Crippen molar-refractivity contribution in [3.8, 4) is 0 Å². The van der Waals surface area contributed by atoms with Crippen LogP contribution in [0.2, 0.25) is 0 Å². The van der Waals surface area contributed by atoms with Crippen LogP contribution in [0.4, 0.5) is 17.2 Å². The van der Waals surface area contributed by atoms with Crippen molar-refractivity contribution in [2.45, 2.75) is 39.7 Å². The summed E-state index contributed by atoms with van der Waals surface area (Å²) in [6.45, 7) is 6.71. The lowest BCUT2D eigenvalue weighted by molar-refractivity contribution is -0.119. The average Bonchev–Trinajstić information content (AvgIpc) is 3.49. The number of aryl methyl sites for hydroxylation is 1. The summed E-state index contributed by atoms with van der Waals surface area (Å²) < 4.78 is 1.41. The molecule has 2 aromatic heterocycles. The van der Waals surface area contributed by atoms with Crippen molar-refractivity contribution in [3.63, 3.8) is 0 Å². The highest BCUT2D eigenvalue weighted by Gasteiger charge is 2.26. The van der Waals surface area contributed by atoms with Crippen LogP contribution in [0.5, 0.6) is 0 Å². The van der Waals surface area contributed by atoms with Crippen molar-refractivity contribution in [1.82, 2.24) is 25.2 Å². The molecule has 10 heteroatoms. The molecule has 10 nitrogen and oxygen atoms in total. The highest BCUT2D eigenvalue weighted by atomic mass is 16.2. The van der Waals surface area contributed by atoms with E-state index < -0.39 is 0 Å². The molecular formula is C24H28N8O2. The highest BCUT2D eigenvalue weighted by Crippen LogP contribution is 2.31. The van der Waals surface area contributed by atoms with Gasteiger partial charge in [-0.15, -0.1) is 5.10 Å². The molecule has 0 atom stereocenters. The second-order valence-corrected chi connectivity index (χ2v) is 9.09. The van der Waals surface area contributed by atoms with Gasteiger partial charge in [0, 0.05) is 36.7 Å². The first-order chi connectivity index (χ1) is 16.5. The first-order valence-electron chi connectivity index (χ1n) is 11.7. The quantitative estimate of drug-likeness (QED) is 0.623. The molecule has 0 radical (unpaired) electrons. The second-order valence-electron chi connectivity index (χ2n) is 9.09. The largest absolute Gasteiger partial charge is 0.356 e. The summed E-state index contributed by atoms with van der Waals surface area (Å²) in [7, 11) is 0. The van der Waals surface area contributed by atoms with Crippen LogP contribution in [-0.2, 0) is 17.8 Å². The Balaban J connectivity index is 1.31. The minimum atomic E-state index is -0.175. The van der Waals surface area contributed by atoms with Crippen LogP contribution in [0.15, 0.2) is 36.7 Å². The van der Waals surface area contributed by atoms with E-state index >= 15 is 0 Å². The van der Waals surface area contributed by atoms with Gasteiger partial charge in [0.15, 0.2) is 0 Å². The zero-order valence-electron chi connectivity index (χ0n) is 19.4. The lowest BCUT2D eigenvalue weighted by Crippen LogP contribution is -2.35. The van der Waals surface area contributed by atoms with E-state index in [2.05, 4.69) is 32.7 Å². The highest BCUT2D eigenvalue weighted by molar-refractivity contribution is 6.08. The van der Waals surface area contributed by atoms with Crippen LogP contribution >= 0.6 is 0 Å². The maximum atomic E-state index is 13.2. The minimum absolute atomic E-state index is 0.0749. The van der Waals surface area contributed by atoms with Crippen molar-refractivity contribution in [1.29, 1.82) is 0 Å². The van der Waals surface area contributed by atoms with Crippen LogP contribution in [0.3, 0.4) is 0 Å². The predicted molar refractivity (Wildman–Crippen MR) is 128 cm³/mol. The topological polar surface area (TPSA) is 109 Å². The Morgan fingerprint density at radius 3 is 2.71 bits per heavy atom. The van der Waals surface area contributed by atoms with Gasteiger partial charge < -0.3 is 15.1 Å². The third-order valence-corrected chi connectivity index (χ3v) is 6.56. The molecule has 0 aliphatic carbocycles. The van der Waals surface area contributed by atoms with E-state index in [4.69, 9.17) is 4.98 Å². The molecule has 1 aromatic carbocycles. The SMILES string of the molecule is Cc1ccc(C(=O)Nc2ccc3c(c2)CCN3C(=O)Cn2cnnn2)c(N2CCC(C)CC2)n1. The predicted octanol–water partition coefficient (Wildman–Crippen LogP) is 2.45. The average molecular weight is 461 g/mol. The Morgan fingerprint density at radius 1 is 1.12 bits per heavy atom. The molecule has 0 saturated carbocycles. The third-order valence-electron chi connectivity index (χ3n) is 6.56.